The molecule has 1 aromatic heterocycles. The van der Waals surface area contributed by atoms with Crippen LogP contribution in [-0.2, 0) is 4.74 Å². The molecule has 6 nitrogen and oxygen atoms in total. The molecule has 6 heteroatoms. The summed E-state index contributed by atoms with van der Waals surface area (Å²) in [7, 11) is 1.60. The van der Waals surface area contributed by atoms with Crippen molar-refractivity contribution < 1.29 is 9.53 Å². The summed E-state index contributed by atoms with van der Waals surface area (Å²) in [4.78, 5) is 21.6. The van der Waals surface area contributed by atoms with Crippen LogP contribution in [-0.4, -0.2) is 28.7 Å². The van der Waals surface area contributed by atoms with Crippen LogP contribution in [0.2, 0.25) is 0 Å². The average Bonchev–Trinajstić information content (AvgIpc) is 2.35. The van der Waals surface area contributed by atoms with Gasteiger partial charge in [0.05, 0.1) is 0 Å². The van der Waals surface area contributed by atoms with Crippen LogP contribution in [0.25, 0.3) is 5.57 Å². The van der Waals surface area contributed by atoms with E-state index in [0.717, 1.165) is 5.57 Å². The topological polar surface area (TPSA) is 81.3 Å². The first-order valence-corrected chi connectivity index (χ1v) is 5.93. The number of nitrogens with zero attached hydrogens (tertiary/aromatic N) is 3. The van der Waals surface area contributed by atoms with E-state index in [1.807, 2.05) is 20.8 Å². The van der Waals surface area contributed by atoms with Crippen molar-refractivity contribution >= 4 is 17.5 Å². The van der Waals surface area contributed by atoms with E-state index in [1.165, 1.54) is 11.1 Å². The van der Waals surface area contributed by atoms with E-state index >= 15 is 0 Å². The van der Waals surface area contributed by atoms with Crippen LogP contribution in [0.4, 0.5) is 10.6 Å². The van der Waals surface area contributed by atoms with Crippen molar-refractivity contribution in [3.63, 3.8) is 0 Å². The molecule has 0 spiro atoms. The summed E-state index contributed by atoms with van der Waals surface area (Å²) in [5.41, 5.74) is 5.61. The standard InChI is InChI=1S/C13H20N4O2/c1-9(8-14)11-15-7-6-10(16-11)17(5)12(18)19-13(2,3)4/h6-8H,14H2,1-5H3/b9-8-. The summed E-state index contributed by atoms with van der Waals surface area (Å²) in [5, 5.41) is 0. The number of rotatable bonds is 2. The number of hydrogen-bond acceptors (Lipinski definition) is 5. The van der Waals surface area contributed by atoms with E-state index in [4.69, 9.17) is 10.5 Å². The lowest BCUT2D eigenvalue weighted by Crippen LogP contribution is -2.34. The molecule has 104 valence electrons. The second-order valence-electron chi connectivity index (χ2n) is 5.13. The maximum atomic E-state index is 11.9. The first-order valence-electron chi connectivity index (χ1n) is 5.93. The van der Waals surface area contributed by atoms with E-state index in [9.17, 15) is 4.79 Å². The van der Waals surface area contributed by atoms with Crippen LogP contribution in [0.3, 0.4) is 0 Å². The molecule has 0 saturated carbocycles. The minimum absolute atomic E-state index is 0.459. The molecule has 2 N–H and O–H groups in total. The van der Waals surface area contributed by atoms with Gasteiger partial charge in [-0.1, -0.05) is 0 Å². The number of nitrogens with two attached hydrogens (primary N) is 1. The van der Waals surface area contributed by atoms with Gasteiger partial charge in [-0.2, -0.15) is 0 Å². The minimum Gasteiger partial charge on any atom is -0.443 e. The predicted molar refractivity (Wildman–Crippen MR) is 74.5 cm³/mol. The van der Waals surface area contributed by atoms with Gasteiger partial charge >= 0.3 is 6.09 Å². The van der Waals surface area contributed by atoms with Gasteiger partial charge in [0.2, 0.25) is 0 Å². The number of aromatic nitrogens is 2. The Morgan fingerprint density at radius 1 is 1.47 bits per heavy atom. The number of ether oxygens (including phenoxy) is 1. The lowest BCUT2D eigenvalue weighted by molar-refractivity contribution is 0.0588. The van der Waals surface area contributed by atoms with Crippen LogP contribution in [0.15, 0.2) is 18.5 Å². The lowest BCUT2D eigenvalue weighted by atomic mass is 10.2. The average molecular weight is 264 g/mol. The summed E-state index contributed by atoms with van der Waals surface area (Å²) in [6, 6.07) is 1.64. The number of hydrogen-bond donors (Lipinski definition) is 1. The lowest BCUT2D eigenvalue weighted by Gasteiger charge is -2.24. The fraction of sp³-hybridized carbons (Fsp3) is 0.462. The molecule has 0 aromatic carbocycles. The number of anilines is 1. The third-order valence-electron chi connectivity index (χ3n) is 2.25. The van der Waals surface area contributed by atoms with Gasteiger partial charge in [0, 0.05) is 25.0 Å². The monoisotopic (exact) mass is 264 g/mol. The molecular formula is C13H20N4O2. The second kappa shape index (κ2) is 5.69. The SMILES string of the molecule is C/C(=C/N)c1nccc(N(C)C(=O)OC(C)(C)C)n1. The summed E-state index contributed by atoms with van der Waals surface area (Å²) in [6.45, 7) is 7.23. The molecule has 0 bridgehead atoms. The number of allylic oxidation sites excluding steroid dienone is 1. The van der Waals surface area contributed by atoms with Crippen molar-refractivity contribution in [1.82, 2.24) is 9.97 Å². The maximum Gasteiger partial charge on any atom is 0.415 e. The van der Waals surface area contributed by atoms with Gasteiger partial charge in [0.1, 0.15) is 11.4 Å². The Balaban J connectivity index is 2.94. The number of carbonyl (C=O) groups is 1. The van der Waals surface area contributed by atoms with E-state index < -0.39 is 11.7 Å². The Hall–Kier alpha value is -2.11. The quantitative estimate of drug-likeness (QED) is 0.885. The molecule has 0 radical (unpaired) electrons. The molecular weight excluding hydrogens is 244 g/mol. The zero-order chi connectivity index (χ0) is 14.6. The summed E-state index contributed by atoms with van der Waals surface area (Å²) in [5.74, 6) is 0.941. The molecule has 1 heterocycles. The van der Waals surface area contributed by atoms with Crippen molar-refractivity contribution in [2.24, 2.45) is 5.73 Å². The minimum atomic E-state index is -0.547. The molecule has 1 aromatic rings. The summed E-state index contributed by atoms with van der Waals surface area (Å²) >= 11 is 0. The first kappa shape index (κ1) is 14.9. The molecule has 0 aliphatic rings. The molecule has 0 unspecified atom stereocenters. The van der Waals surface area contributed by atoms with E-state index in [1.54, 1.807) is 26.2 Å². The van der Waals surface area contributed by atoms with Crippen molar-refractivity contribution in [2.45, 2.75) is 33.3 Å². The maximum absolute atomic E-state index is 11.9. The molecule has 0 saturated heterocycles. The molecule has 1 amide bonds. The third-order valence-corrected chi connectivity index (χ3v) is 2.25. The second-order valence-corrected chi connectivity index (χ2v) is 5.13. The van der Waals surface area contributed by atoms with Crippen LogP contribution >= 0.6 is 0 Å². The largest absolute Gasteiger partial charge is 0.443 e. The molecule has 0 fully saturated rings. The molecule has 0 atom stereocenters. The van der Waals surface area contributed by atoms with Gasteiger partial charge in [-0.15, -0.1) is 0 Å². The Labute approximate surface area is 113 Å². The molecule has 0 aliphatic carbocycles. The Bertz CT molecular complexity index is 492. The Kier molecular flexibility index (Phi) is 4.47. The van der Waals surface area contributed by atoms with E-state index in [0.29, 0.717) is 11.6 Å². The normalized spacial score (nSPS) is 12.2. The van der Waals surface area contributed by atoms with Crippen LogP contribution in [0.5, 0.6) is 0 Å². The van der Waals surface area contributed by atoms with E-state index in [2.05, 4.69) is 9.97 Å². The number of amides is 1. The highest BCUT2D eigenvalue weighted by Gasteiger charge is 2.21. The van der Waals surface area contributed by atoms with Crippen LogP contribution < -0.4 is 10.6 Å². The van der Waals surface area contributed by atoms with Crippen molar-refractivity contribution in [1.29, 1.82) is 0 Å². The molecule has 1 rings (SSSR count). The van der Waals surface area contributed by atoms with Gasteiger partial charge in [0.25, 0.3) is 0 Å². The first-order chi connectivity index (χ1) is 8.74. The highest BCUT2D eigenvalue weighted by atomic mass is 16.6. The van der Waals surface area contributed by atoms with Crippen molar-refractivity contribution in [3.05, 3.63) is 24.3 Å². The zero-order valence-corrected chi connectivity index (χ0v) is 12.0. The fourth-order valence-electron chi connectivity index (χ4n) is 1.22. The summed E-state index contributed by atoms with van der Waals surface area (Å²) in [6.07, 6.45) is 2.53. The van der Waals surface area contributed by atoms with Crippen LogP contribution in [0.1, 0.15) is 33.5 Å². The predicted octanol–water partition coefficient (Wildman–Crippen LogP) is 2.17. The smallest absolute Gasteiger partial charge is 0.415 e. The Morgan fingerprint density at radius 2 is 2.11 bits per heavy atom. The highest BCUT2D eigenvalue weighted by molar-refractivity contribution is 5.86. The van der Waals surface area contributed by atoms with Gasteiger partial charge in [0.15, 0.2) is 5.82 Å². The highest BCUT2D eigenvalue weighted by Crippen LogP contribution is 2.16. The Morgan fingerprint density at radius 3 is 2.63 bits per heavy atom. The van der Waals surface area contributed by atoms with Gasteiger partial charge in [-0.05, 0) is 33.8 Å². The summed E-state index contributed by atoms with van der Waals surface area (Å²) < 4.78 is 5.27. The van der Waals surface area contributed by atoms with E-state index in [-0.39, 0.29) is 0 Å². The fourth-order valence-corrected chi connectivity index (χ4v) is 1.22. The number of carbonyl (C=O) groups excluding carboxylic acids is 1. The van der Waals surface area contributed by atoms with Gasteiger partial charge in [-0.25, -0.2) is 14.8 Å². The van der Waals surface area contributed by atoms with Crippen molar-refractivity contribution in [2.75, 3.05) is 11.9 Å². The molecule has 0 aliphatic heterocycles. The molecule has 19 heavy (non-hydrogen) atoms. The van der Waals surface area contributed by atoms with Crippen LogP contribution in [0, 0.1) is 0 Å². The zero-order valence-electron chi connectivity index (χ0n) is 12.0. The third kappa shape index (κ3) is 4.24. The van der Waals surface area contributed by atoms with Gasteiger partial charge in [-0.3, -0.25) is 4.90 Å². The van der Waals surface area contributed by atoms with Gasteiger partial charge < -0.3 is 10.5 Å². The van der Waals surface area contributed by atoms with Crippen molar-refractivity contribution in [3.8, 4) is 0 Å².